The highest BCUT2D eigenvalue weighted by Gasteiger charge is 2.36. The van der Waals surface area contributed by atoms with Crippen molar-refractivity contribution in [2.24, 2.45) is 0 Å². The maximum atomic E-state index is 13.3. The van der Waals surface area contributed by atoms with Crippen LogP contribution in [0.1, 0.15) is 40.3 Å². The summed E-state index contributed by atoms with van der Waals surface area (Å²) in [5.41, 5.74) is -0.0813. The van der Waals surface area contributed by atoms with E-state index in [0.29, 0.717) is 22.9 Å². The molecule has 0 saturated heterocycles. The first kappa shape index (κ1) is 21.4. The number of alkyl halides is 3. The molecule has 3 rings (SSSR count). The Morgan fingerprint density at radius 3 is 2.60 bits per heavy atom. The van der Waals surface area contributed by atoms with Gasteiger partial charge in [-0.3, -0.25) is 4.79 Å². The van der Waals surface area contributed by atoms with Crippen LogP contribution < -0.4 is 10.1 Å². The Hall–Kier alpha value is -3.33. The van der Waals surface area contributed by atoms with E-state index in [0.717, 1.165) is 4.68 Å². The number of para-hydroxylation sites is 1. The largest absolute Gasteiger partial charge is 0.496 e. The van der Waals surface area contributed by atoms with E-state index in [1.54, 1.807) is 36.4 Å². The van der Waals surface area contributed by atoms with Crippen LogP contribution in [0.2, 0.25) is 0 Å². The molecule has 1 atom stereocenters. The summed E-state index contributed by atoms with van der Waals surface area (Å²) in [6, 6.07) is 13.9. The van der Waals surface area contributed by atoms with Crippen LogP contribution in [-0.2, 0) is 12.7 Å². The quantitative estimate of drug-likeness (QED) is 0.636. The lowest BCUT2D eigenvalue weighted by Gasteiger charge is -2.12. The number of carbonyl (C=O) groups excluding carboxylic acids is 1. The van der Waals surface area contributed by atoms with Gasteiger partial charge in [0.05, 0.1) is 18.9 Å². The van der Waals surface area contributed by atoms with Crippen LogP contribution >= 0.6 is 0 Å². The van der Waals surface area contributed by atoms with E-state index in [-0.39, 0.29) is 17.9 Å². The van der Waals surface area contributed by atoms with Gasteiger partial charge in [0.25, 0.3) is 5.91 Å². The molecule has 30 heavy (non-hydrogen) atoms. The number of amides is 1. The second kappa shape index (κ2) is 8.58. The van der Waals surface area contributed by atoms with E-state index in [9.17, 15) is 23.1 Å². The number of carbonyl (C=O) groups is 1. The highest BCUT2D eigenvalue weighted by molar-refractivity contribution is 5.93. The molecule has 0 radical (unpaired) electrons. The maximum Gasteiger partial charge on any atom is 0.435 e. The third-order valence-corrected chi connectivity index (χ3v) is 4.46. The van der Waals surface area contributed by atoms with Gasteiger partial charge in [-0.1, -0.05) is 30.3 Å². The van der Waals surface area contributed by atoms with Gasteiger partial charge in [-0.05, 0) is 30.7 Å². The minimum atomic E-state index is -4.72. The zero-order valence-electron chi connectivity index (χ0n) is 16.3. The van der Waals surface area contributed by atoms with Gasteiger partial charge in [-0.25, -0.2) is 4.68 Å². The molecule has 1 aromatic heterocycles. The molecular formula is C21H20F3N3O3. The van der Waals surface area contributed by atoms with Gasteiger partial charge in [0.1, 0.15) is 11.4 Å². The number of benzene rings is 2. The lowest BCUT2D eigenvalue weighted by molar-refractivity contribution is -0.141. The topological polar surface area (TPSA) is 76.4 Å². The van der Waals surface area contributed by atoms with Gasteiger partial charge in [0.2, 0.25) is 0 Å². The fourth-order valence-corrected chi connectivity index (χ4v) is 2.91. The molecule has 0 saturated carbocycles. The summed E-state index contributed by atoms with van der Waals surface area (Å²) in [6.07, 6.45) is -5.55. The number of hydrogen-bond donors (Lipinski definition) is 2. The van der Waals surface area contributed by atoms with Crippen LogP contribution in [0.4, 0.5) is 13.2 Å². The first-order chi connectivity index (χ1) is 14.2. The molecule has 158 valence electrons. The molecule has 1 heterocycles. The number of nitrogens with zero attached hydrogens (tertiary/aromatic N) is 2. The minimum Gasteiger partial charge on any atom is -0.496 e. The van der Waals surface area contributed by atoms with Crippen LogP contribution in [0, 0.1) is 0 Å². The van der Waals surface area contributed by atoms with E-state index in [2.05, 4.69) is 10.4 Å². The van der Waals surface area contributed by atoms with Crippen molar-refractivity contribution < 1.29 is 27.8 Å². The number of halogens is 3. The first-order valence-corrected chi connectivity index (χ1v) is 9.06. The van der Waals surface area contributed by atoms with Crippen LogP contribution in [0.3, 0.4) is 0 Å². The van der Waals surface area contributed by atoms with E-state index >= 15 is 0 Å². The molecule has 0 aliphatic heterocycles. The number of aromatic nitrogens is 2. The number of aliphatic hydroxyl groups is 1. The lowest BCUT2D eigenvalue weighted by atomic mass is 10.1. The van der Waals surface area contributed by atoms with Gasteiger partial charge >= 0.3 is 6.18 Å². The fraction of sp³-hybridized carbons (Fsp3) is 0.238. The second-order valence-corrected chi connectivity index (χ2v) is 6.59. The summed E-state index contributed by atoms with van der Waals surface area (Å²) in [5.74, 6) is -0.182. The van der Waals surface area contributed by atoms with E-state index < -0.39 is 23.9 Å². The third kappa shape index (κ3) is 4.62. The monoisotopic (exact) mass is 419 g/mol. The SMILES string of the molecule is COc1ccccc1CNC(=O)c1cc(C(F)(F)F)nn1-c1cccc(C(C)O)c1. The summed E-state index contributed by atoms with van der Waals surface area (Å²) < 4.78 is 45.9. The van der Waals surface area contributed by atoms with Gasteiger partial charge < -0.3 is 15.2 Å². The van der Waals surface area contributed by atoms with E-state index in [1.165, 1.54) is 26.2 Å². The molecule has 9 heteroatoms. The Morgan fingerprint density at radius 2 is 1.93 bits per heavy atom. The highest BCUT2D eigenvalue weighted by Crippen LogP contribution is 2.30. The number of rotatable bonds is 6. The van der Waals surface area contributed by atoms with Crippen molar-refractivity contribution in [2.75, 3.05) is 7.11 Å². The van der Waals surface area contributed by atoms with E-state index in [1.807, 2.05) is 0 Å². The third-order valence-electron chi connectivity index (χ3n) is 4.46. The van der Waals surface area contributed by atoms with Crippen LogP contribution in [0.15, 0.2) is 54.6 Å². The molecular weight excluding hydrogens is 399 g/mol. The summed E-state index contributed by atoms with van der Waals surface area (Å²) >= 11 is 0. The normalized spacial score (nSPS) is 12.5. The van der Waals surface area contributed by atoms with Gasteiger partial charge in [0, 0.05) is 18.2 Å². The van der Waals surface area contributed by atoms with Crippen molar-refractivity contribution in [1.82, 2.24) is 15.1 Å². The Labute approximate surface area is 170 Å². The molecule has 3 aromatic rings. The zero-order chi connectivity index (χ0) is 21.9. The summed E-state index contributed by atoms with van der Waals surface area (Å²) in [5, 5.41) is 16.0. The van der Waals surface area contributed by atoms with Crippen molar-refractivity contribution in [3.8, 4) is 11.4 Å². The van der Waals surface area contributed by atoms with Crippen molar-refractivity contribution in [3.05, 3.63) is 77.1 Å². The van der Waals surface area contributed by atoms with Crippen LogP contribution in [0.5, 0.6) is 5.75 Å². The Balaban J connectivity index is 1.96. The Kier molecular flexibility index (Phi) is 6.12. The average molecular weight is 419 g/mol. The van der Waals surface area contributed by atoms with E-state index in [4.69, 9.17) is 4.74 Å². The first-order valence-electron chi connectivity index (χ1n) is 9.06. The average Bonchev–Trinajstić information content (AvgIpc) is 3.18. The number of ether oxygens (including phenoxy) is 1. The molecule has 0 aliphatic carbocycles. The maximum absolute atomic E-state index is 13.3. The molecule has 1 amide bonds. The van der Waals surface area contributed by atoms with Crippen LogP contribution in [-0.4, -0.2) is 27.9 Å². The second-order valence-electron chi connectivity index (χ2n) is 6.59. The summed E-state index contributed by atoms with van der Waals surface area (Å²) in [7, 11) is 1.49. The lowest BCUT2D eigenvalue weighted by Crippen LogP contribution is -2.25. The van der Waals surface area contributed by atoms with Crippen molar-refractivity contribution >= 4 is 5.91 Å². The van der Waals surface area contributed by atoms with Gasteiger partial charge in [-0.2, -0.15) is 18.3 Å². The fourth-order valence-electron chi connectivity index (χ4n) is 2.91. The standard InChI is InChI=1S/C21H20F3N3O3/c1-13(28)14-7-5-8-16(10-14)27-17(11-19(26-27)21(22,23)24)20(29)25-12-15-6-3-4-9-18(15)30-2/h3-11,13,28H,12H2,1-2H3,(H,25,29). The highest BCUT2D eigenvalue weighted by atomic mass is 19.4. The van der Waals surface area contributed by atoms with Gasteiger partial charge in [0.15, 0.2) is 5.69 Å². The number of aliphatic hydroxyl groups excluding tert-OH is 1. The molecule has 1 unspecified atom stereocenters. The Morgan fingerprint density at radius 1 is 1.20 bits per heavy atom. The molecule has 2 aromatic carbocycles. The van der Waals surface area contributed by atoms with Crippen molar-refractivity contribution in [3.63, 3.8) is 0 Å². The molecule has 2 N–H and O–H groups in total. The minimum absolute atomic E-state index is 0.0586. The summed E-state index contributed by atoms with van der Waals surface area (Å²) in [6.45, 7) is 1.59. The number of nitrogens with one attached hydrogen (secondary N) is 1. The Bertz CT molecular complexity index is 1050. The zero-order valence-corrected chi connectivity index (χ0v) is 16.3. The predicted molar refractivity (Wildman–Crippen MR) is 103 cm³/mol. The molecule has 0 fully saturated rings. The smallest absolute Gasteiger partial charge is 0.435 e. The molecule has 0 aliphatic rings. The molecule has 0 spiro atoms. The van der Waals surface area contributed by atoms with Crippen molar-refractivity contribution in [2.45, 2.75) is 25.7 Å². The summed E-state index contributed by atoms with van der Waals surface area (Å²) in [4.78, 5) is 12.7. The predicted octanol–water partition coefficient (Wildman–Crippen LogP) is 3.88. The number of hydrogen-bond acceptors (Lipinski definition) is 4. The molecule has 6 nitrogen and oxygen atoms in total. The van der Waals surface area contributed by atoms with Crippen molar-refractivity contribution in [1.29, 1.82) is 0 Å². The molecule has 0 bridgehead atoms. The van der Waals surface area contributed by atoms with Gasteiger partial charge in [-0.15, -0.1) is 0 Å². The van der Waals surface area contributed by atoms with Crippen LogP contribution in [0.25, 0.3) is 5.69 Å². The number of methoxy groups -OCH3 is 1.